The van der Waals surface area contributed by atoms with Crippen molar-refractivity contribution in [3.8, 4) is 0 Å². The molecule has 1 aromatic carbocycles. The predicted molar refractivity (Wildman–Crippen MR) is 103 cm³/mol. The molecular weight excluding hydrogens is 324 g/mol. The zero-order valence-electron chi connectivity index (χ0n) is 15.2. The van der Waals surface area contributed by atoms with Crippen LogP contribution in [0.2, 0.25) is 0 Å². The third-order valence-electron chi connectivity index (χ3n) is 5.44. The molecule has 0 aromatic heterocycles. The highest BCUT2D eigenvalue weighted by Gasteiger charge is 2.40. The largest absolute Gasteiger partial charge is 0.478 e. The molecule has 0 fully saturated rings. The van der Waals surface area contributed by atoms with Gasteiger partial charge in [0.1, 0.15) is 0 Å². The molecule has 0 saturated carbocycles. The fraction of sp³-hybridized carbons (Fsp3) is 0.304. The summed E-state index contributed by atoms with van der Waals surface area (Å²) in [5, 5.41) is 9.45. The molecule has 0 bridgehead atoms. The number of carbonyl (C=O) groups excluding carboxylic acids is 1. The zero-order valence-corrected chi connectivity index (χ0v) is 15.2. The van der Waals surface area contributed by atoms with Crippen LogP contribution in [0.1, 0.15) is 42.6 Å². The van der Waals surface area contributed by atoms with E-state index in [-0.39, 0.29) is 11.4 Å². The van der Waals surface area contributed by atoms with Crippen LogP contribution in [0.4, 0.5) is 0 Å². The first-order chi connectivity index (χ1) is 12.4. The van der Waals surface area contributed by atoms with E-state index in [1.165, 1.54) is 11.6 Å². The maximum absolute atomic E-state index is 13.0. The van der Waals surface area contributed by atoms with Crippen molar-refractivity contribution in [2.24, 2.45) is 11.3 Å². The Hall–Kier alpha value is -2.68. The minimum absolute atomic E-state index is 0.143. The number of rotatable bonds is 5. The lowest BCUT2D eigenvalue weighted by Gasteiger charge is -2.29. The van der Waals surface area contributed by atoms with Gasteiger partial charge in [-0.2, -0.15) is 0 Å². The van der Waals surface area contributed by atoms with E-state index in [9.17, 15) is 14.7 Å². The van der Waals surface area contributed by atoms with Gasteiger partial charge in [0.15, 0.2) is 5.78 Å². The van der Waals surface area contributed by atoms with Crippen LogP contribution in [0.25, 0.3) is 0 Å². The third kappa shape index (κ3) is 3.48. The molecule has 3 rings (SSSR count). The highest BCUT2D eigenvalue weighted by Crippen LogP contribution is 2.38. The van der Waals surface area contributed by atoms with Crippen LogP contribution in [-0.2, 0) is 11.2 Å². The zero-order chi connectivity index (χ0) is 18.7. The molecule has 1 aromatic rings. The first-order valence-corrected chi connectivity index (χ1v) is 9.02. The van der Waals surface area contributed by atoms with Crippen molar-refractivity contribution in [3.05, 3.63) is 83.0 Å². The lowest BCUT2D eigenvalue weighted by atomic mass is 9.71. The first-order valence-electron chi connectivity index (χ1n) is 9.02. The summed E-state index contributed by atoms with van der Waals surface area (Å²) in [5.74, 6) is -0.638. The summed E-state index contributed by atoms with van der Waals surface area (Å²) in [4.78, 5) is 24.6. The molecule has 3 heteroatoms. The van der Waals surface area contributed by atoms with Crippen molar-refractivity contribution in [1.29, 1.82) is 0 Å². The van der Waals surface area contributed by atoms with Gasteiger partial charge in [0, 0.05) is 5.56 Å². The lowest BCUT2D eigenvalue weighted by molar-refractivity contribution is -0.133. The monoisotopic (exact) mass is 348 g/mol. The van der Waals surface area contributed by atoms with Gasteiger partial charge < -0.3 is 5.11 Å². The SMILES string of the molecule is CC1CC=CC=C1Cc1ccc(C(=O)C2(C)CC=CC=C2C(=O)O)cc1. The first kappa shape index (κ1) is 18.1. The lowest BCUT2D eigenvalue weighted by Crippen LogP contribution is -2.34. The summed E-state index contributed by atoms with van der Waals surface area (Å²) in [6, 6.07) is 7.60. The molecular formula is C23H24O3. The molecule has 0 amide bonds. The van der Waals surface area contributed by atoms with E-state index >= 15 is 0 Å². The number of hydrogen-bond acceptors (Lipinski definition) is 2. The minimum Gasteiger partial charge on any atom is -0.478 e. The number of allylic oxidation sites excluding steroid dienone is 7. The third-order valence-corrected chi connectivity index (χ3v) is 5.44. The number of carbonyl (C=O) groups is 2. The summed E-state index contributed by atoms with van der Waals surface area (Å²) in [7, 11) is 0. The van der Waals surface area contributed by atoms with Gasteiger partial charge in [-0.05, 0) is 37.7 Å². The Labute approximate surface area is 154 Å². The van der Waals surface area contributed by atoms with Gasteiger partial charge in [0.05, 0.1) is 11.0 Å². The molecule has 2 aliphatic carbocycles. The molecule has 0 heterocycles. The van der Waals surface area contributed by atoms with E-state index in [4.69, 9.17) is 0 Å². The smallest absolute Gasteiger partial charge is 0.332 e. The van der Waals surface area contributed by atoms with Crippen molar-refractivity contribution in [3.63, 3.8) is 0 Å². The molecule has 2 atom stereocenters. The van der Waals surface area contributed by atoms with Gasteiger partial charge in [-0.25, -0.2) is 4.79 Å². The Morgan fingerprint density at radius 3 is 2.46 bits per heavy atom. The van der Waals surface area contributed by atoms with E-state index in [0.29, 0.717) is 17.9 Å². The van der Waals surface area contributed by atoms with E-state index in [1.807, 2.05) is 30.3 Å². The number of Topliss-reactive ketones (excluding diaryl/α,β-unsaturated/α-hetero) is 1. The molecule has 1 N–H and O–H groups in total. The summed E-state index contributed by atoms with van der Waals surface area (Å²) >= 11 is 0. The quantitative estimate of drug-likeness (QED) is 0.769. The number of carboxylic acid groups (broad SMARTS) is 1. The second-order valence-corrected chi connectivity index (χ2v) is 7.36. The summed E-state index contributed by atoms with van der Waals surface area (Å²) in [6.45, 7) is 3.94. The van der Waals surface area contributed by atoms with Gasteiger partial charge in [-0.3, -0.25) is 4.79 Å². The van der Waals surface area contributed by atoms with Gasteiger partial charge in [-0.1, -0.05) is 73.2 Å². The van der Waals surface area contributed by atoms with E-state index in [1.54, 1.807) is 13.0 Å². The Morgan fingerprint density at radius 1 is 1.12 bits per heavy atom. The fourth-order valence-corrected chi connectivity index (χ4v) is 3.64. The molecule has 0 saturated heterocycles. The highest BCUT2D eigenvalue weighted by atomic mass is 16.4. The van der Waals surface area contributed by atoms with Gasteiger partial charge in [0.25, 0.3) is 0 Å². The maximum Gasteiger partial charge on any atom is 0.332 e. The molecule has 3 nitrogen and oxygen atoms in total. The van der Waals surface area contributed by atoms with Crippen molar-refractivity contribution in [1.82, 2.24) is 0 Å². The standard InChI is InChI=1S/C23H24O3/c1-16-7-3-4-8-19(16)15-17-10-12-18(13-11-17)21(24)23(2)14-6-5-9-20(23)22(25)26/h3-6,8-13,16H,7,14-15H2,1-2H3,(H,25,26). The van der Waals surface area contributed by atoms with Crippen LogP contribution in [0.5, 0.6) is 0 Å². The molecule has 2 unspecified atom stereocenters. The maximum atomic E-state index is 13.0. The number of ketones is 1. The summed E-state index contributed by atoms with van der Waals surface area (Å²) in [5.41, 5.74) is 2.25. The Kier molecular flexibility index (Phi) is 5.08. The Morgan fingerprint density at radius 2 is 1.81 bits per heavy atom. The second-order valence-electron chi connectivity index (χ2n) is 7.36. The number of carboxylic acids is 1. The molecule has 0 aliphatic heterocycles. The summed E-state index contributed by atoms with van der Waals surface area (Å²) in [6.07, 6.45) is 13.9. The topological polar surface area (TPSA) is 54.4 Å². The van der Waals surface area contributed by atoms with Crippen LogP contribution in [-0.4, -0.2) is 16.9 Å². The van der Waals surface area contributed by atoms with Gasteiger partial charge in [0.2, 0.25) is 0 Å². The highest BCUT2D eigenvalue weighted by molar-refractivity contribution is 6.08. The van der Waals surface area contributed by atoms with Crippen LogP contribution < -0.4 is 0 Å². The predicted octanol–water partition coefficient (Wildman–Crippen LogP) is 4.91. The van der Waals surface area contributed by atoms with Gasteiger partial charge >= 0.3 is 5.97 Å². The van der Waals surface area contributed by atoms with Crippen LogP contribution in [0.3, 0.4) is 0 Å². The molecule has 0 spiro atoms. The summed E-state index contributed by atoms with van der Waals surface area (Å²) < 4.78 is 0. The Balaban J connectivity index is 1.80. The van der Waals surface area contributed by atoms with Gasteiger partial charge in [-0.15, -0.1) is 0 Å². The number of hydrogen-bond donors (Lipinski definition) is 1. The molecule has 134 valence electrons. The number of aliphatic carboxylic acids is 1. The second kappa shape index (κ2) is 7.28. The van der Waals surface area contributed by atoms with Crippen molar-refractivity contribution < 1.29 is 14.7 Å². The van der Waals surface area contributed by atoms with E-state index in [0.717, 1.165) is 18.4 Å². The van der Waals surface area contributed by atoms with Crippen molar-refractivity contribution in [2.45, 2.75) is 33.1 Å². The van der Waals surface area contributed by atoms with Crippen LogP contribution in [0, 0.1) is 11.3 Å². The minimum atomic E-state index is -1.03. The Bertz CT molecular complexity index is 837. The van der Waals surface area contributed by atoms with Crippen molar-refractivity contribution in [2.75, 3.05) is 0 Å². The van der Waals surface area contributed by atoms with Crippen LogP contribution >= 0.6 is 0 Å². The molecule has 26 heavy (non-hydrogen) atoms. The molecule has 0 radical (unpaired) electrons. The average molecular weight is 348 g/mol. The average Bonchev–Trinajstić information content (AvgIpc) is 2.64. The fourth-order valence-electron chi connectivity index (χ4n) is 3.64. The molecule has 2 aliphatic rings. The van der Waals surface area contributed by atoms with E-state index < -0.39 is 11.4 Å². The van der Waals surface area contributed by atoms with Crippen molar-refractivity contribution >= 4 is 11.8 Å². The van der Waals surface area contributed by atoms with E-state index in [2.05, 4.69) is 25.2 Å². The number of benzene rings is 1. The van der Waals surface area contributed by atoms with Crippen LogP contribution in [0.15, 0.2) is 71.9 Å². The normalized spacial score (nSPS) is 24.8.